The van der Waals surface area contributed by atoms with Crippen LogP contribution in [0.15, 0.2) is 36.5 Å². The minimum absolute atomic E-state index is 0.154. The molecule has 374 valence electrons. The van der Waals surface area contributed by atoms with Gasteiger partial charge < -0.3 is 24.2 Å². The third-order valence-corrected chi connectivity index (χ3v) is 12.0. The summed E-state index contributed by atoms with van der Waals surface area (Å²) in [6, 6.07) is 0. The van der Waals surface area contributed by atoms with E-state index in [9.17, 15) is 28.9 Å². The van der Waals surface area contributed by atoms with E-state index in [4.69, 9.17) is 23.3 Å². The molecule has 3 unspecified atom stereocenters. The molecule has 0 aliphatic heterocycles. The van der Waals surface area contributed by atoms with Gasteiger partial charge in [0.1, 0.15) is 12.7 Å². The molecule has 0 radical (unpaired) electrons. The molecule has 0 saturated heterocycles. The second kappa shape index (κ2) is 47.2. The number of hydrogen-bond donors (Lipinski definition) is 2. The minimum atomic E-state index is -4.74. The Morgan fingerprint density at radius 2 is 0.781 bits per heavy atom. The van der Waals surface area contributed by atoms with Crippen LogP contribution in [0, 0.1) is 0 Å². The van der Waals surface area contributed by atoms with Crippen LogP contribution in [0.3, 0.4) is 0 Å². The van der Waals surface area contributed by atoms with Gasteiger partial charge in [0.15, 0.2) is 6.10 Å². The average Bonchev–Trinajstić information content (AvgIpc) is 3.28. The lowest BCUT2D eigenvalue weighted by Gasteiger charge is -2.21. The SMILES string of the molecule is CCCC/C=C\CCCCCCCC(=O)OC(CO)COP(=O)(O)OCC(COC(=O)CCCCCCCCCCCCC)OC(=O)CCCCCCC/C=C\C/C=C\CCCCC. The lowest BCUT2D eigenvalue weighted by Crippen LogP contribution is -2.30. The van der Waals surface area contributed by atoms with Crippen LogP contribution >= 0.6 is 7.82 Å². The smallest absolute Gasteiger partial charge is 0.462 e. The Labute approximate surface area is 390 Å². The third kappa shape index (κ3) is 44.9. The maximum Gasteiger partial charge on any atom is 0.472 e. The first kappa shape index (κ1) is 61.7. The molecule has 11 nitrogen and oxygen atoms in total. The van der Waals surface area contributed by atoms with E-state index in [1.165, 1.54) is 77.0 Å². The Bertz CT molecular complexity index is 1220. The first-order valence-corrected chi connectivity index (χ1v) is 27.4. The maximum atomic E-state index is 12.8. The van der Waals surface area contributed by atoms with Crippen molar-refractivity contribution in [2.24, 2.45) is 0 Å². The highest BCUT2D eigenvalue weighted by Crippen LogP contribution is 2.43. The number of rotatable bonds is 48. The van der Waals surface area contributed by atoms with Crippen LogP contribution in [0.5, 0.6) is 0 Å². The molecule has 0 amide bonds. The summed E-state index contributed by atoms with van der Waals surface area (Å²) in [7, 11) is -4.74. The normalized spacial score (nSPS) is 13.8. The maximum absolute atomic E-state index is 12.8. The van der Waals surface area contributed by atoms with E-state index in [2.05, 4.69) is 57.2 Å². The molecule has 0 fully saturated rings. The molecule has 12 heteroatoms. The van der Waals surface area contributed by atoms with Crippen LogP contribution in [0.4, 0.5) is 0 Å². The topological polar surface area (TPSA) is 155 Å². The number of ether oxygens (including phenoxy) is 3. The molecule has 0 saturated carbocycles. The molecule has 0 spiro atoms. The fourth-order valence-electron chi connectivity index (χ4n) is 7.01. The summed E-state index contributed by atoms with van der Waals surface area (Å²) in [6.07, 6.45) is 45.4. The van der Waals surface area contributed by atoms with Gasteiger partial charge in [-0.15, -0.1) is 0 Å². The van der Waals surface area contributed by atoms with Crippen LogP contribution in [-0.2, 0) is 42.2 Å². The Hall–Kier alpha value is -2.30. The fraction of sp³-hybridized carbons (Fsp3) is 0.827. The number of carbonyl (C=O) groups excluding carboxylic acids is 3. The van der Waals surface area contributed by atoms with E-state index < -0.39 is 57.8 Å². The van der Waals surface area contributed by atoms with E-state index >= 15 is 0 Å². The summed E-state index contributed by atoms with van der Waals surface area (Å²) in [4.78, 5) is 48.2. The zero-order valence-corrected chi connectivity index (χ0v) is 41.9. The summed E-state index contributed by atoms with van der Waals surface area (Å²) in [6.45, 7) is 4.54. The van der Waals surface area contributed by atoms with Crippen LogP contribution in [0.1, 0.15) is 239 Å². The Kier molecular flexibility index (Phi) is 45.5. The number of esters is 3. The molecular weight excluding hydrogens is 832 g/mol. The number of aliphatic hydroxyl groups excluding tert-OH is 1. The number of hydrogen-bond acceptors (Lipinski definition) is 10. The predicted molar refractivity (Wildman–Crippen MR) is 261 cm³/mol. The van der Waals surface area contributed by atoms with Crippen molar-refractivity contribution in [1.82, 2.24) is 0 Å². The van der Waals surface area contributed by atoms with Crippen LogP contribution < -0.4 is 0 Å². The van der Waals surface area contributed by atoms with Crippen molar-refractivity contribution in [1.29, 1.82) is 0 Å². The van der Waals surface area contributed by atoms with Crippen molar-refractivity contribution in [3.05, 3.63) is 36.5 Å². The quantitative estimate of drug-likeness (QED) is 0.0197. The second-order valence-corrected chi connectivity index (χ2v) is 18.8. The zero-order valence-electron chi connectivity index (χ0n) is 41.0. The highest BCUT2D eigenvalue weighted by atomic mass is 31.2. The van der Waals surface area contributed by atoms with Crippen molar-refractivity contribution in [2.45, 2.75) is 251 Å². The van der Waals surface area contributed by atoms with Gasteiger partial charge >= 0.3 is 25.7 Å². The molecule has 0 rings (SSSR count). The molecule has 0 heterocycles. The number of phosphoric acid groups is 1. The van der Waals surface area contributed by atoms with E-state index in [1.807, 2.05) is 0 Å². The summed E-state index contributed by atoms with van der Waals surface area (Å²) >= 11 is 0. The summed E-state index contributed by atoms with van der Waals surface area (Å²) in [5.41, 5.74) is 0. The number of allylic oxidation sites excluding steroid dienone is 6. The standard InChI is InChI=1S/C52H95O11P/c1-4-7-10-13-16-19-22-23-24-25-28-31-34-37-40-43-52(56)63-49(45-59-50(54)41-38-35-32-29-26-20-17-14-11-8-5-2)47-61-64(57,58)60-46-48(44-53)62-51(55)42-39-36-33-30-27-21-18-15-12-9-6-3/h15-16,18-19,23-24,48-49,53H,4-14,17,20-22,25-47H2,1-3H3,(H,57,58)/b18-15-,19-16-,24-23-. The monoisotopic (exact) mass is 927 g/mol. The third-order valence-electron chi connectivity index (χ3n) is 11.0. The van der Waals surface area contributed by atoms with Crippen molar-refractivity contribution >= 4 is 25.7 Å². The minimum Gasteiger partial charge on any atom is -0.462 e. The van der Waals surface area contributed by atoms with Gasteiger partial charge in [0.2, 0.25) is 0 Å². The van der Waals surface area contributed by atoms with Crippen molar-refractivity contribution < 1.29 is 52.2 Å². The first-order valence-electron chi connectivity index (χ1n) is 25.9. The zero-order chi connectivity index (χ0) is 47.0. The van der Waals surface area contributed by atoms with Gasteiger partial charge in [-0.2, -0.15) is 0 Å². The summed E-state index contributed by atoms with van der Waals surface area (Å²) in [5, 5.41) is 9.75. The van der Waals surface area contributed by atoms with E-state index in [-0.39, 0.29) is 25.9 Å². The molecule has 0 aromatic rings. The summed E-state index contributed by atoms with van der Waals surface area (Å²) < 4.78 is 39.3. The second-order valence-electron chi connectivity index (χ2n) is 17.3. The van der Waals surface area contributed by atoms with Gasteiger partial charge in [-0.1, -0.05) is 186 Å². The number of aliphatic hydroxyl groups is 1. The van der Waals surface area contributed by atoms with Crippen LogP contribution in [0.25, 0.3) is 0 Å². The number of phosphoric ester groups is 1. The van der Waals surface area contributed by atoms with Crippen LogP contribution in [0.2, 0.25) is 0 Å². The van der Waals surface area contributed by atoms with E-state index in [0.29, 0.717) is 19.3 Å². The van der Waals surface area contributed by atoms with Gasteiger partial charge in [-0.05, 0) is 70.6 Å². The predicted octanol–water partition coefficient (Wildman–Crippen LogP) is 14.5. The first-order chi connectivity index (χ1) is 31.2. The molecule has 0 aliphatic carbocycles. The molecule has 0 bridgehead atoms. The molecule has 0 aromatic heterocycles. The van der Waals surface area contributed by atoms with E-state index in [0.717, 1.165) is 103 Å². The van der Waals surface area contributed by atoms with Gasteiger partial charge in [0.25, 0.3) is 0 Å². The van der Waals surface area contributed by atoms with Crippen molar-refractivity contribution in [3.8, 4) is 0 Å². The Morgan fingerprint density at radius 3 is 1.25 bits per heavy atom. The lowest BCUT2D eigenvalue weighted by molar-refractivity contribution is -0.161. The van der Waals surface area contributed by atoms with Crippen molar-refractivity contribution in [2.75, 3.05) is 26.4 Å². The van der Waals surface area contributed by atoms with Gasteiger partial charge in [0.05, 0.1) is 19.8 Å². The van der Waals surface area contributed by atoms with Gasteiger partial charge in [0, 0.05) is 19.3 Å². The lowest BCUT2D eigenvalue weighted by atomic mass is 10.1. The summed E-state index contributed by atoms with van der Waals surface area (Å²) in [5.74, 6) is -1.48. The van der Waals surface area contributed by atoms with Crippen molar-refractivity contribution in [3.63, 3.8) is 0 Å². The average molecular weight is 927 g/mol. The van der Waals surface area contributed by atoms with Gasteiger partial charge in [-0.3, -0.25) is 23.4 Å². The molecule has 0 aromatic carbocycles. The van der Waals surface area contributed by atoms with Gasteiger partial charge in [-0.25, -0.2) is 4.57 Å². The molecule has 3 atom stereocenters. The molecule has 2 N–H and O–H groups in total. The fourth-order valence-corrected chi connectivity index (χ4v) is 7.80. The molecular formula is C52H95O11P. The number of unbranched alkanes of at least 4 members (excludes halogenated alkanes) is 25. The molecule has 64 heavy (non-hydrogen) atoms. The highest BCUT2D eigenvalue weighted by Gasteiger charge is 2.28. The Morgan fingerprint density at radius 1 is 0.438 bits per heavy atom. The number of carbonyl (C=O) groups is 3. The Balaban J connectivity index is 4.75. The highest BCUT2D eigenvalue weighted by molar-refractivity contribution is 7.47. The largest absolute Gasteiger partial charge is 0.472 e. The van der Waals surface area contributed by atoms with E-state index in [1.54, 1.807) is 0 Å². The van der Waals surface area contributed by atoms with Crippen LogP contribution in [-0.4, -0.2) is 66.5 Å². The molecule has 0 aliphatic rings.